The summed E-state index contributed by atoms with van der Waals surface area (Å²) < 4.78 is 12.6. The summed E-state index contributed by atoms with van der Waals surface area (Å²) in [5, 5.41) is 0. The van der Waals surface area contributed by atoms with Gasteiger partial charge >= 0.3 is 0 Å². The number of methoxy groups -OCH3 is 2. The third-order valence-electron chi connectivity index (χ3n) is 3.57. The predicted octanol–water partition coefficient (Wildman–Crippen LogP) is 2.91. The number of ether oxygens (including phenoxy) is 2. The second-order valence-electron chi connectivity index (χ2n) is 4.84. The summed E-state index contributed by atoms with van der Waals surface area (Å²) in [4.78, 5) is 4.63. The van der Waals surface area contributed by atoms with Gasteiger partial charge in [0.2, 0.25) is 0 Å². The zero-order valence-electron chi connectivity index (χ0n) is 12.3. The van der Waals surface area contributed by atoms with Gasteiger partial charge < -0.3 is 19.6 Å². The van der Waals surface area contributed by atoms with Crippen LogP contribution in [0.25, 0.3) is 16.9 Å². The fourth-order valence-electron chi connectivity index (χ4n) is 2.31. The lowest BCUT2D eigenvalue weighted by molar-refractivity contribution is 0.404. The Bertz CT molecular complexity index is 809. The van der Waals surface area contributed by atoms with Crippen LogP contribution in [0.15, 0.2) is 36.7 Å². The van der Waals surface area contributed by atoms with Crippen LogP contribution in [0.1, 0.15) is 5.56 Å². The number of hydrogen-bond donors (Lipinski definition) is 1. The third-order valence-corrected chi connectivity index (χ3v) is 3.57. The molecule has 0 radical (unpaired) electrons. The van der Waals surface area contributed by atoms with Crippen molar-refractivity contribution in [2.45, 2.75) is 6.92 Å². The van der Waals surface area contributed by atoms with Gasteiger partial charge in [0.1, 0.15) is 11.5 Å². The molecule has 2 heterocycles. The molecule has 3 rings (SSSR count). The molecule has 21 heavy (non-hydrogen) atoms. The molecule has 0 bridgehead atoms. The van der Waals surface area contributed by atoms with Gasteiger partial charge in [-0.15, -0.1) is 0 Å². The highest BCUT2D eigenvalue weighted by Gasteiger charge is 2.13. The zero-order chi connectivity index (χ0) is 15.0. The minimum Gasteiger partial charge on any atom is -0.497 e. The average Bonchev–Trinajstić information content (AvgIpc) is 2.95. The Labute approximate surface area is 122 Å². The third kappa shape index (κ3) is 2.16. The molecule has 2 aromatic heterocycles. The van der Waals surface area contributed by atoms with E-state index in [-0.39, 0.29) is 0 Å². The fourth-order valence-corrected chi connectivity index (χ4v) is 2.31. The van der Waals surface area contributed by atoms with Crippen molar-refractivity contribution >= 4 is 11.3 Å². The van der Waals surface area contributed by atoms with Crippen molar-refractivity contribution in [1.82, 2.24) is 9.38 Å². The molecule has 0 aliphatic heterocycles. The molecule has 1 aromatic carbocycles. The van der Waals surface area contributed by atoms with Crippen molar-refractivity contribution in [3.8, 4) is 22.8 Å². The van der Waals surface area contributed by atoms with Crippen molar-refractivity contribution < 1.29 is 9.47 Å². The molecule has 0 spiro atoms. The standard InChI is InChI=1S/C16H17N3O2/c1-10-6-7-19-9-13(18-16(19)15(10)17)12-8-11(20-2)4-5-14(12)21-3/h4-9H,17H2,1-3H3. The molecule has 0 amide bonds. The Morgan fingerprint density at radius 1 is 1.14 bits per heavy atom. The summed E-state index contributed by atoms with van der Waals surface area (Å²) >= 11 is 0. The number of imidazole rings is 1. The molecule has 3 aromatic rings. The smallest absolute Gasteiger partial charge is 0.160 e. The minimum atomic E-state index is 0.686. The number of nitrogens with zero attached hydrogens (tertiary/aromatic N) is 2. The molecule has 0 aliphatic carbocycles. The monoisotopic (exact) mass is 283 g/mol. The van der Waals surface area contributed by atoms with Gasteiger partial charge in [-0.3, -0.25) is 0 Å². The quantitative estimate of drug-likeness (QED) is 0.803. The molecule has 0 saturated heterocycles. The molecule has 0 saturated carbocycles. The Kier molecular flexibility index (Phi) is 3.17. The molecule has 0 aliphatic rings. The van der Waals surface area contributed by atoms with E-state index in [9.17, 15) is 0 Å². The van der Waals surface area contributed by atoms with Gasteiger partial charge in [-0.05, 0) is 36.8 Å². The summed E-state index contributed by atoms with van der Waals surface area (Å²) in [5.74, 6) is 1.50. The van der Waals surface area contributed by atoms with Crippen LogP contribution in [0, 0.1) is 6.92 Å². The van der Waals surface area contributed by atoms with Gasteiger partial charge in [-0.25, -0.2) is 4.98 Å². The van der Waals surface area contributed by atoms with Gasteiger partial charge in [-0.2, -0.15) is 0 Å². The summed E-state index contributed by atoms with van der Waals surface area (Å²) in [6.07, 6.45) is 3.88. The van der Waals surface area contributed by atoms with Crippen LogP contribution in [0.2, 0.25) is 0 Å². The topological polar surface area (TPSA) is 61.8 Å². The summed E-state index contributed by atoms with van der Waals surface area (Å²) in [6.45, 7) is 1.97. The van der Waals surface area contributed by atoms with Gasteiger partial charge in [-0.1, -0.05) is 0 Å². The second kappa shape index (κ2) is 5.01. The molecule has 2 N–H and O–H groups in total. The Balaban J connectivity index is 2.22. The summed E-state index contributed by atoms with van der Waals surface area (Å²) in [7, 11) is 3.27. The number of aryl methyl sites for hydroxylation is 1. The van der Waals surface area contributed by atoms with E-state index in [1.54, 1.807) is 14.2 Å². The summed E-state index contributed by atoms with van der Waals surface area (Å²) in [6, 6.07) is 7.60. The Morgan fingerprint density at radius 2 is 1.95 bits per heavy atom. The first-order valence-corrected chi connectivity index (χ1v) is 6.60. The van der Waals surface area contributed by atoms with Crippen molar-refractivity contribution in [2.24, 2.45) is 0 Å². The lowest BCUT2D eigenvalue weighted by Gasteiger charge is -2.08. The lowest BCUT2D eigenvalue weighted by Crippen LogP contribution is -1.94. The summed E-state index contributed by atoms with van der Waals surface area (Å²) in [5.41, 5.74) is 10.2. The van der Waals surface area contributed by atoms with Crippen LogP contribution in [-0.4, -0.2) is 23.6 Å². The van der Waals surface area contributed by atoms with Gasteiger partial charge in [0.15, 0.2) is 5.65 Å². The van der Waals surface area contributed by atoms with E-state index in [0.717, 1.165) is 34.0 Å². The Morgan fingerprint density at radius 3 is 2.67 bits per heavy atom. The predicted molar refractivity (Wildman–Crippen MR) is 82.9 cm³/mol. The van der Waals surface area contributed by atoms with Gasteiger partial charge in [0.05, 0.1) is 25.6 Å². The number of benzene rings is 1. The first kappa shape index (κ1) is 13.3. The molecule has 108 valence electrons. The van der Waals surface area contributed by atoms with Crippen molar-refractivity contribution in [3.63, 3.8) is 0 Å². The van der Waals surface area contributed by atoms with E-state index >= 15 is 0 Å². The van der Waals surface area contributed by atoms with Crippen LogP contribution in [0.4, 0.5) is 5.69 Å². The Hall–Kier alpha value is -2.69. The van der Waals surface area contributed by atoms with Crippen molar-refractivity contribution in [2.75, 3.05) is 20.0 Å². The molecule has 5 nitrogen and oxygen atoms in total. The number of nitrogens with two attached hydrogens (primary N) is 1. The van der Waals surface area contributed by atoms with E-state index in [2.05, 4.69) is 4.98 Å². The second-order valence-corrected chi connectivity index (χ2v) is 4.84. The average molecular weight is 283 g/mol. The molecule has 0 fully saturated rings. The van der Waals surface area contributed by atoms with Crippen LogP contribution < -0.4 is 15.2 Å². The van der Waals surface area contributed by atoms with Gasteiger partial charge in [0, 0.05) is 18.0 Å². The largest absolute Gasteiger partial charge is 0.497 e. The molecule has 5 heteroatoms. The maximum absolute atomic E-state index is 6.10. The zero-order valence-corrected chi connectivity index (χ0v) is 12.3. The normalized spacial score (nSPS) is 10.8. The van der Waals surface area contributed by atoms with Crippen LogP contribution in [0.3, 0.4) is 0 Å². The lowest BCUT2D eigenvalue weighted by atomic mass is 10.1. The SMILES string of the molecule is COc1ccc(OC)c(-c2cn3ccc(C)c(N)c3n2)c1. The first-order valence-electron chi connectivity index (χ1n) is 6.60. The molecular formula is C16H17N3O2. The highest BCUT2D eigenvalue weighted by atomic mass is 16.5. The van der Waals surface area contributed by atoms with E-state index in [1.165, 1.54) is 0 Å². The number of anilines is 1. The first-order chi connectivity index (χ1) is 10.1. The minimum absolute atomic E-state index is 0.686. The van der Waals surface area contributed by atoms with Crippen molar-refractivity contribution in [1.29, 1.82) is 0 Å². The maximum Gasteiger partial charge on any atom is 0.160 e. The highest BCUT2D eigenvalue weighted by Crippen LogP contribution is 2.33. The highest BCUT2D eigenvalue weighted by molar-refractivity contribution is 5.76. The molecule has 0 unspecified atom stereocenters. The van der Waals surface area contributed by atoms with Crippen LogP contribution >= 0.6 is 0 Å². The van der Waals surface area contributed by atoms with Crippen LogP contribution in [0.5, 0.6) is 11.5 Å². The number of nitrogen functional groups attached to an aromatic ring is 1. The van der Waals surface area contributed by atoms with E-state index < -0.39 is 0 Å². The number of aromatic nitrogens is 2. The molecular weight excluding hydrogens is 266 g/mol. The number of rotatable bonds is 3. The fraction of sp³-hybridized carbons (Fsp3) is 0.188. The maximum atomic E-state index is 6.10. The number of hydrogen-bond acceptors (Lipinski definition) is 4. The molecule has 0 atom stereocenters. The van der Waals surface area contributed by atoms with Crippen molar-refractivity contribution in [3.05, 3.63) is 42.2 Å². The van der Waals surface area contributed by atoms with E-state index in [4.69, 9.17) is 15.2 Å². The number of fused-ring (bicyclic) bond motifs is 1. The van der Waals surface area contributed by atoms with E-state index in [0.29, 0.717) is 5.69 Å². The van der Waals surface area contributed by atoms with Gasteiger partial charge in [0.25, 0.3) is 0 Å². The van der Waals surface area contributed by atoms with Crippen LogP contribution in [-0.2, 0) is 0 Å². The number of pyridine rings is 1. The van der Waals surface area contributed by atoms with E-state index in [1.807, 2.05) is 48.0 Å².